The Hall–Kier alpha value is -8.72. The van der Waals surface area contributed by atoms with Gasteiger partial charge in [-0.15, -0.1) is 0 Å². The van der Waals surface area contributed by atoms with E-state index in [2.05, 4.69) is 276 Å². The molecule has 0 bridgehead atoms. The predicted octanol–water partition coefficient (Wildman–Crippen LogP) is 17.7. The standard InChI is InChI=1S/C64H44N2/c1-6-19-46(20-7-1)55-40-35-51(43-59(55)48-23-10-3-11-24-48)45-33-37-53(38-34-45)65(61-42-36-49-25-16-17-30-56(49)63(61)50-26-12-4-13-27-50)54-39-41-58-62(44-54)66(52-28-14-5-15-29-52)60-32-18-31-57(64(58)60)47-21-8-2-9-22-47/h1-44H. The van der Waals surface area contributed by atoms with Crippen LogP contribution in [0.5, 0.6) is 0 Å². The number of hydrogen-bond donors (Lipinski definition) is 0. The third-order valence-corrected chi connectivity index (χ3v) is 13.0. The fourth-order valence-electron chi connectivity index (χ4n) is 9.94. The Kier molecular flexibility index (Phi) is 9.89. The van der Waals surface area contributed by atoms with Gasteiger partial charge in [-0.1, -0.05) is 212 Å². The molecule has 0 unspecified atom stereocenters. The van der Waals surface area contributed by atoms with E-state index in [1.165, 1.54) is 77.1 Å². The molecular formula is C64H44N2. The van der Waals surface area contributed by atoms with Crippen LogP contribution in [-0.2, 0) is 0 Å². The molecule has 0 radical (unpaired) electrons. The summed E-state index contributed by atoms with van der Waals surface area (Å²) in [6.45, 7) is 0. The third-order valence-electron chi connectivity index (χ3n) is 13.0. The first-order chi connectivity index (χ1) is 32.8. The molecule has 12 rings (SSSR count). The summed E-state index contributed by atoms with van der Waals surface area (Å²) in [7, 11) is 0. The zero-order chi connectivity index (χ0) is 43.8. The normalized spacial score (nSPS) is 11.3. The number of rotatable bonds is 9. The van der Waals surface area contributed by atoms with Crippen LogP contribution in [0.3, 0.4) is 0 Å². The summed E-state index contributed by atoms with van der Waals surface area (Å²) in [6.07, 6.45) is 0. The zero-order valence-electron chi connectivity index (χ0n) is 36.3. The number of aromatic nitrogens is 1. The Morgan fingerprint density at radius 2 is 0.848 bits per heavy atom. The van der Waals surface area contributed by atoms with Gasteiger partial charge in [-0.2, -0.15) is 0 Å². The topological polar surface area (TPSA) is 8.17 Å². The van der Waals surface area contributed by atoms with Gasteiger partial charge in [0.1, 0.15) is 0 Å². The van der Waals surface area contributed by atoms with Gasteiger partial charge in [0.25, 0.3) is 0 Å². The first kappa shape index (κ1) is 38.9. The molecule has 11 aromatic carbocycles. The van der Waals surface area contributed by atoms with Crippen LogP contribution >= 0.6 is 0 Å². The van der Waals surface area contributed by atoms with Gasteiger partial charge in [0.2, 0.25) is 0 Å². The van der Waals surface area contributed by atoms with Crippen LogP contribution in [-0.4, -0.2) is 4.57 Å². The lowest BCUT2D eigenvalue weighted by molar-refractivity contribution is 1.18. The number of nitrogens with zero attached hydrogens (tertiary/aromatic N) is 2. The molecule has 12 aromatic rings. The summed E-state index contributed by atoms with van der Waals surface area (Å²) in [5.74, 6) is 0. The smallest absolute Gasteiger partial charge is 0.0562 e. The maximum atomic E-state index is 2.46. The van der Waals surface area contributed by atoms with E-state index in [-0.39, 0.29) is 0 Å². The minimum absolute atomic E-state index is 1.07. The van der Waals surface area contributed by atoms with Crippen LogP contribution in [0.2, 0.25) is 0 Å². The van der Waals surface area contributed by atoms with Gasteiger partial charge >= 0.3 is 0 Å². The highest BCUT2D eigenvalue weighted by molar-refractivity contribution is 6.17. The van der Waals surface area contributed by atoms with Crippen molar-refractivity contribution in [1.29, 1.82) is 0 Å². The summed E-state index contributed by atoms with van der Waals surface area (Å²) >= 11 is 0. The van der Waals surface area contributed by atoms with E-state index < -0.39 is 0 Å². The molecule has 1 aromatic heterocycles. The highest BCUT2D eigenvalue weighted by atomic mass is 15.1. The zero-order valence-corrected chi connectivity index (χ0v) is 36.3. The van der Waals surface area contributed by atoms with Crippen molar-refractivity contribution in [2.24, 2.45) is 0 Å². The summed E-state index contributed by atoms with van der Waals surface area (Å²) < 4.78 is 2.43. The average Bonchev–Trinajstić information content (AvgIpc) is 3.74. The van der Waals surface area contributed by atoms with Crippen LogP contribution in [0.15, 0.2) is 267 Å². The van der Waals surface area contributed by atoms with Gasteiger partial charge in [-0.25, -0.2) is 0 Å². The molecule has 66 heavy (non-hydrogen) atoms. The summed E-state index contributed by atoms with van der Waals surface area (Å²) in [5.41, 5.74) is 18.7. The van der Waals surface area contributed by atoms with Crippen LogP contribution in [0.25, 0.3) is 93.9 Å². The average molecular weight is 841 g/mol. The first-order valence-electron chi connectivity index (χ1n) is 22.7. The minimum atomic E-state index is 1.07. The second-order valence-corrected chi connectivity index (χ2v) is 16.9. The van der Waals surface area contributed by atoms with Crippen molar-refractivity contribution in [3.05, 3.63) is 267 Å². The van der Waals surface area contributed by atoms with Crippen molar-refractivity contribution in [3.8, 4) is 61.3 Å². The Morgan fingerprint density at radius 1 is 0.288 bits per heavy atom. The highest BCUT2D eigenvalue weighted by Gasteiger charge is 2.23. The van der Waals surface area contributed by atoms with Gasteiger partial charge in [0.05, 0.1) is 16.7 Å². The lowest BCUT2D eigenvalue weighted by atomic mass is 9.91. The van der Waals surface area contributed by atoms with E-state index >= 15 is 0 Å². The van der Waals surface area contributed by atoms with Crippen molar-refractivity contribution < 1.29 is 0 Å². The minimum Gasteiger partial charge on any atom is -0.310 e. The lowest BCUT2D eigenvalue weighted by Gasteiger charge is -2.29. The van der Waals surface area contributed by atoms with E-state index in [1.807, 2.05) is 0 Å². The van der Waals surface area contributed by atoms with Crippen molar-refractivity contribution >= 4 is 49.6 Å². The molecule has 0 aliphatic carbocycles. The van der Waals surface area contributed by atoms with Gasteiger partial charge in [0.15, 0.2) is 0 Å². The van der Waals surface area contributed by atoms with E-state index in [4.69, 9.17) is 0 Å². The van der Waals surface area contributed by atoms with Crippen LogP contribution in [0.1, 0.15) is 0 Å². The molecule has 2 heteroatoms. The van der Waals surface area contributed by atoms with Crippen molar-refractivity contribution in [2.45, 2.75) is 0 Å². The summed E-state index contributed by atoms with van der Waals surface area (Å²) in [6, 6.07) is 96.9. The molecule has 0 spiro atoms. The molecule has 0 amide bonds. The molecule has 0 aliphatic rings. The highest BCUT2D eigenvalue weighted by Crippen LogP contribution is 2.47. The molecule has 0 N–H and O–H groups in total. The quantitative estimate of drug-likeness (QED) is 0.141. The molecule has 310 valence electrons. The summed E-state index contributed by atoms with van der Waals surface area (Å²) in [4.78, 5) is 2.46. The van der Waals surface area contributed by atoms with E-state index in [0.29, 0.717) is 0 Å². The molecule has 1 heterocycles. The molecule has 0 atom stereocenters. The number of para-hydroxylation sites is 1. The van der Waals surface area contributed by atoms with Crippen LogP contribution in [0.4, 0.5) is 17.1 Å². The molecule has 0 saturated heterocycles. The maximum absolute atomic E-state index is 2.46. The van der Waals surface area contributed by atoms with Crippen molar-refractivity contribution in [1.82, 2.24) is 4.57 Å². The second kappa shape index (κ2) is 16.8. The third kappa shape index (κ3) is 6.93. The SMILES string of the molecule is c1ccc(-c2ccc(-c3ccc(N(c4ccc5c6c(-c7ccccc7)cccc6n(-c6ccccc6)c5c4)c4ccc5ccccc5c4-c4ccccc4)cc3)cc2-c2ccccc2)cc1. The van der Waals surface area contributed by atoms with Gasteiger partial charge in [-0.3, -0.25) is 0 Å². The molecule has 2 nitrogen and oxygen atoms in total. The molecule has 0 fully saturated rings. The van der Waals surface area contributed by atoms with Gasteiger partial charge in [0, 0.05) is 33.4 Å². The van der Waals surface area contributed by atoms with Crippen LogP contribution in [0, 0.1) is 0 Å². The Labute approximate surface area is 385 Å². The van der Waals surface area contributed by atoms with E-state index in [1.54, 1.807) is 0 Å². The number of benzene rings is 11. The monoisotopic (exact) mass is 840 g/mol. The maximum Gasteiger partial charge on any atom is 0.0562 e. The Morgan fingerprint density at radius 3 is 1.53 bits per heavy atom. The molecule has 0 saturated carbocycles. The van der Waals surface area contributed by atoms with E-state index in [0.717, 1.165) is 33.8 Å². The Balaban J connectivity index is 1.08. The lowest BCUT2D eigenvalue weighted by Crippen LogP contribution is -2.11. The van der Waals surface area contributed by atoms with E-state index in [9.17, 15) is 0 Å². The van der Waals surface area contributed by atoms with Crippen molar-refractivity contribution in [3.63, 3.8) is 0 Å². The molecule has 0 aliphatic heterocycles. The van der Waals surface area contributed by atoms with Crippen molar-refractivity contribution in [2.75, 3.05) is 4.90 Å². The molecular weight excluding hydrogens is 797 g/mol. The Bertz CT molecular complexity index is 3650. The summed E-state index contributed by atoms with van der Waals surface area (Å²) in [5, 5.41) is 4.87. The fourth-order valence-corrected chi connectivity index (χ4v) is 9.94. The predicted molar refractivity (Wildman–Crippen MR) is 280 cm³/mol. The number of anilines is 3. The second-order valence-electron chi connectivity index (χ2n) is 16.9. The number of hydrogen-bond acceptors (Lipinski definition) is 1. The fraction of sp³-hybridized carbons (Fsp3) is 0. The number of fused-ring (bicyclic) bond motifs is 4. The first-order valence-corrected chi connectivity index (χ1v) is 22.7. The van der Waals surface area contributed by atoms with Gasteiger partial charge < -0.3 is 9.47 Å². The largest absolute Gasteiger partial charge is 0.310 e. The van der Waals surface area contributed by atoms with Crippen LogP contribution < -0.4 is 4.90 Å². The van der Waals surface area contributed by atoms with Gasteiger partial charge in [-0.05, 0) is 115 Å².